The Morgan fingerprint density at radius 1 is 1.40 bits per heavy atom. The quantitative estimate of drug-likeness (QED) is 0.687. The monoisotopic (exact) mass is 291 g/mol. The van der Waals surface area contributed by atoms with Gasteiger partial charge in [-0.05, 0) is 28.6 Å². The highest BCUT2D eigenvalue weighted by Gasteiger charge is 2.09. The van der Waals surface area contributed by atoms with Crippen LogP contribution in [0.5, 0.6) is 0 Å². The van der Waals surface area contributed by atoms with Crippen LogP contribution in [0.25, 0.3) is 11.5 Å². The van der Waals surface area contributed by atoms with E-state index in [1.807, 2.05) is 0 Å². The molecule has 0 spiro atoms. The van der Waals surface area contributed by atoms with E-state index in [4.69, 9.17) is 4.42 Å². The van der Waals surface area contributed by atoms with Crippen molar-refractivity contribution in [2.45, 2.75) is 10.9 Å². The van der Waals surface area contributed by atoms with E-state index >= 15 is 0 Å². The number of thioether (sulfide) groups is 1. The first kappa shape index (κ1) is 12.8. The average molecular weight is 291 g/mol. The molecule has 0 fully saturated rings. The van der Waals surface area contributed by atoms with Crippen LogP contribution in [-0.4, -0.2) is 25.2 Å². The molecule has 8 heteroatoms. The number of hydrogen-bond donors (Lipinski definition) is 0. The maximum Gasteiger partial charge on any atom is 0.226 e. The normalized spacial score (nSPS) is 10.9. The minimum Gasteiger partial charge on any atom is -0.444 e. The third-order valence-electron chi connectivity index (χ3n) is 2.55. The molecule has 2 aromatic heterocycles. The molecule has 2 heterocycles. The summed E-state index contributed by atoms with van der Waals surface area (Å²) in [6.07, 6.45) is 1.55. The number of hydrogen-bond acceptors (Lipinski definition) is 6. The molecule has 6 nitrogen and oxygen atoms in total. The summed E-state index contributed by atoms with van der Waals surface area (Å²) in [6, 6.07) is 6.13. The Kier molecular flexibility index (Phi) is 3.46. The zero-order valence-corrected chi connectivity index (χ0v) is 11.3. The lowest BCUT2D eigenvalue weighted by molar-refractivity contribution is 0.571. The van der Waals surface area contributed by atoms with Gasteiger partial charge in [-0.1, -0.05) is 17.8 Å². The molecule has 0 saturated heterocycles. The molecule has 0 amide bonds. The van der Waals surface area contributed by atoms with Crippen LogP contribution in [0, 0.1) is 5.82 Å². The number of halogens is 1. The molecule has 0 radical (unpaired) electrons. The number of aryl methyl sites for hydroxylation is 1. The van der Waals surface area contributed by atoms with Gasteiger partial charge in [-0.25, -0.2) is 14.1 Å². The Hall–Kier alpha value is -2.22. The van der Waals surface area contributed by atoms with Gasteiger partial charge in [0, 0.05) is 18.4 Å². The third kappa shape index (κ3) is 2.69. The van der Waals surface area contributed by atoms with Crippen molar-refractivity contribution >= 4 is 11.8 Å². The standard InChI is InChI=1S/C12H10FN5OS/c1-18-12(15-16-17-18)20-7-10-6-19-11(14-10)8-3-2-4-9(13)5-8/h2-6H,7H2,1H3. The summed E-state index contributed by atoms with van der Waals surface area (Å²) < 4.78 is 20.1. The van der Waals surface area contributed by atoms with Gasteiger partial charge in [0.1, 0.15) is 12.1 Å². The van der Waals surface area contributed by atoms with Crippen LogP contribution < -0.4 is 0 Å². The molecule has 0 aliphatic rings. The number of tetrazole rings is 1. The van der Waals surface area contributed by atoms with Crippen LogP contribution in [0.2, 0.25) is 0 Å². The number of oxazole rings is 1. The van der Waals surface area contributed by atoms with Crippen LogP contribution in [-0.2, 0) is 12.8 Å². The second kappa shape index (κ2) is 5.41. The molecule has 102 valence electrons. The Labute approximate surface area is 118 Å². The van der Waals surface area contributed by atoms with Crippen LogP contribution in [0.3, 0.4) is 0 Å². The predicted octanol–water partition coefficient (Wildman–Crippen LogP) is 2.30. The van der Waals surface area contributed by atoms with Crippen LogP contribution in [0.15, 0.2) is 40.1 Å². The highest BCUT2D eigenvalue weighted by molar-refractivity contribution is 7.98. The number of aromatic nitrogens is 5. The summed E-state index contributed by atoms with van der Waals surface area (Å²) in [5.41, 5.74) is 1.36. The average Bonchev–Trinajstić information content (AvgIpc) is 3.05. The maximum absolute atomic E-state index is 13.1. The number of benzene rings is 1. The summed E-state index contributed by atoms with van der Waals surface area (Å²) in [5, 5.41) is 11.9. The minimum absolute atomic E-state index is 0.318. The van der Waals surface area contributed by atoms with E-state index in [-0.39, 0.29) is 5.82 Å². The highest BCUT2D eigenvalue weighted by Crippen LogP contribution is 2.23. The van der Waals surface area contributed by atoms with Crippen LogP contribution >= 0.6 is 11.8 Å². The molecule has 3 rings (SSSR count). The van der Waals surface area contributed by atoms with E-state index in [0.717, 1.165) is 5.69 Å². The molecule has 0 atom stereocenters. The molecule has 0 unspecified atom stereocenters. The topological polar surface area (TPSA) is 69.6 Å². The fourth-order valence-electron chi connectivity index (χ4n) is 1.61. The van der Waals surface area contributed by atoms with Crippen molar-refractivity contribution in [3.8, 4) is 11.5 Å². The third-order valence-corrected chi connectivity index (χ3v) is 3.60. The van der Waals surface area contributed by atoms with E-state index in [2.05, 4.69) is 20.5 Å². The van der Waals surface area contributed by atoms with Gasteiger partial charge in [0.25, 0.3) is 0 Å². The summed E-state index contributed by atoms with van der Waals surface area (Å²) in [4.78, 5) is 4.32. The van der Waals surface area contributed by atoms with Crippen molar-refractivity contribution in [3.63, 3.8) is 0 Å². The maximum atomic E-state index is 13.1. The Morgan fingerprint density at radius 2 is 2.30 bits per heavy atom. The fraction of sp³-hybridized carbons (Fsp3) is 0.167. The molecule has 0 saturated carbocycles. The highest BCUT2D eigenvalue weighted by atomic mass is 32.2. The van der Waals surface area contributed by atoms with Gasteiger partial charge in [0.15, 0.2) is 0 Å². The SMILES string of the molecule is Cn1nnnc1SCc1coc(-c2cccc(F)c2)n1. The summed E-state index contributed by atoms with van der Waals surface area (Å²) >= 11 is 1.45. The Bertz CT molecular complexity index is 726. The molecule has 1 aromatic carbocycles. The first-order chi connectivity index (χ1) is 9.72. The van der Waals surface area contributed by atoms with Crippen molar-refractivity contribution < 1.29 is 8.81 Å². The summed E-state index contributed by atoms with van der Waals surface area (Å²) in [6.45, 7) is 0. The Morgan fingerprint density at radius 3 is 3.05 bits per heavy atom. The lowest BCUT2D eigenvalue weighted by Gasteiger charge is -1.95. The van der Waals surface area contributed by atoms with Gasteiger partial charge >= 0.3 is 0 Å². The molecular formula is C12H10FN5OS. The zero-order valence-electron chi connectivity index (χ0n) is 10.5. The first-order valence-corrected chi connectivity index (χ1v) is 6.76. The van der Waals surface area contributed by atoms with Crippen LogP contribution in [0.4, 0.5) is 4.39 Å². The predicted molar refractivity (Wildman–Crippen MR) is 70.3 cm³/mol. The van der Waals surface area contributed by atoms with Gasteiger partial charge < -0.3 is 4.42 Å². The Balaban J connectivity index is 1.72. The van der Waals surface area contributed by atoms with Gasteiger partial charge in [-0.2, -0.15) is 0 Å². The first-order valence-electron chi connectivity index (χ1n) is 5.78. The fourth-order valence-corrected chi connectivity index (χ4v) is 2.34. The van der Waals surface area contributed by atoms with Crippen LogP contribution in [0.1, 0.15) is 5.69 Å². The van der Waals surface area contributed by atoms with Crippen molar-refractivity contribution in [2.75, 3.05) is 0 Å². The number of nitrogens with zero attached hydrogens (tertiary/aromatic N) is 5. The van der Waals surface area contributed by atoms with E-state index in [9.17, 15) is 4.39 Å². The molecule has 3 aromatic rings. The van der Waals surface area contributed by atoms with E-state index in [1.54, 1.807) is 30.1 Å². The summed E-state index contributed by atoms with van der Waals surface area (Å²) in [7, 11) is 1.77. The van der Waals surface area contributed by atoms with Gasteiger partial charge in [0.2, 0.25) is 11.0 Å². The lowest BCUT2D eigenvalue weighted by Crippen LogP contribution is -1.93. The lowest BCUT2D eigenvalue weighted by atomic mass is 10.2. The van der Waals surface area contributed by atoms with E-state index < -0.39 is 0 Å². The largest absolute Gasteiger partial charge is 0.444 e. The van der Waals surface area contributed by atoms with Crippen molar-refractivity contribution in [1.82, 2.24) is 25.2 Å². The molecule has 0 bridgehead atoms. The molecule has 0 aliphatic heterocycles. The summed E-state index contributed by atoms with van der Waals surface area (Å²) in [5.74, 6) is 0.658. The smallest absolute Gasteiger partial charge is 0.226 e. The van der Waals surface area contributed by atoms with Gasteiger partial charge in [0.05, 0.1) is 5.69 Å². The minimum atomic E-state index is -0.318. The second-order valence-corrected chi connectivity index (χ2v) is 4.97. The van der Waals surface area contributed by atoms with E-state index in [1.165, 1.54) is 23.9 Å². The molecule has 0 N–H and O–H groups in total. The van der Waals surface area contributed by atoms with Gasteiger partial charge in [-0.3, -0.25) is 0 Å². The molecular weight excluding hydrogens is 281 g/mol. The molecule has 0 aliphatic carbocycles. The van der Waals surface area contributed by atoms with Crippen molar-refractivity contribution in [2.24, 2.45) is 7.05 Å². The zero-order chi connectivity index (χ0) is 13.9. The second-order valence-electron chi connectivity index (χ2n) is 4.03. The van der Waals surface area contributed by atoms with Crippen molar-refractivity contribution in [1.29, 1.82) is 0 Å². The van der Waals surface area contributed by atoms with Crippen molar-refractivity contribution in [3.05, 3.63) is 42.0 Å². The molecule has 20 heavy (non-hydrogen) atoms. The van der Waals surface area contributed by atoms with E-state index in [0.29, 0.717) is 22.4 Å². The number of rotatable bonds is 4. The van der Waals surface area contributed by atoms with Gasteiger partial charge in [-0.15, -0.1) is 5.10 Å².